The molecule has 2 nitrogen and oxygen atoms in total. The second-order valence-electron chi connectivity index (χ2n) is 6.55. The fourth-order valence-corrected chi connectivity index (χ4v) is 16.4. The molecule has 0 atom stereocenters. The van der Waals surface area contributed by atoms with Crippen LogP contribution in [0, 0.1) is 0 Å². The van der Waals surface area contributed by atoms with Crippen molar-refractivity contribution in [2.24, 2.45) is 0 Å². The summed E-state index contributed by atoms with van der Waals surface area (Å²) in [5.41, 5.74) is 5.97. The molecule has 3 aliphatic rings. The molecular formula is C20H18InNOS. The van der Waals surface area contributed by atoms with E-state index in [0.29, 0.717) is 0 Å². The van der Waals surface area contributed by atoms with E-state index < -0.39 is 21.4 Å². The molecule has 1 saturated heterocycles. The Morgan fingerprint density at radius 2 is 2.12 bits per heavy atom. The first kappa shape index (κ1) is 15.0. The fourth-order valence-electron chi connectivity index (χ4n) is 4.22. The van der Waals surface area contributed by atoms with Crippen molar-refractivity contribution in [3.8, 4) is 5.75 Å². The molecule has 0 radical (unpaired) electrons. The molecule has 3 aliphatic heterocycles. The molecule has 0 aromatic heterocycles. The molecule has 4 heteroatoms. The molecule has 0 unspecified atom stereocenters. The molecule has 0 saturated carbocycles. The third-order valence-corrected chi connectivity index (χ3v) is 16.0. The van der Waals surface area contributed by atoms with Crippen molar-refractivity contribution in [3.63, 3.8) is 0 Å². The monoisotopic (exact) mass is 435 g/mol. The molecule has 118 valence electrons. The van der Waals surface area contributed by atoms with E-state index in [4.69, 9.17) is 4.74 Å². The molecule has 5 rings (SSSR count). The Labute approximate surface area is 154 Å². The fraction of sp³-hybridized carbons (Fsp3) is 0.200. The molecule has 1 fully saturated rings. The van der Waals surface area contributed by atoms with Crippen LogP contribution < -0.4 is 13.4 Å². The van der Waals surface area contributed by atoms with Crippen LogP contribution in [0.15, 0.2) is 51.5 Å². The molecule has 2 aromatic rings. The Morgan fingerprint density at radius 3 is 2.92 bits per heavy atom. The van der Waals surface area contributed by atoms with Gasteiger partial charge in [0.15, 0.2) is 0 Å². The van der Waals surface area contributed by atoms with Crippen LogP contribution in [0.2, 0.25) is 0 Å². The first-order chi connectivity index (χ1) is 11.8. The molecule has 0 aliphatic carbocycles. The summed E-state index contributed by atoms with van der Waals surface area (Å²) in [7, 11) is 1.74. The standard InChI is InChI=1S/C20H18NOS.In/c1-22-20-11-5-7-16(12-20)6-4-10-17-8-2-3-9-18(17)13-19-14-23-15-21-19;/h2-3,5,7,9-12,21H,6,14-15H2,1H3;. The van der Waals surface area contributed by atoms with E-state index in [1.165, 1.54) is 22.4 Å². The van der Waals surface area contributed by atoms with Gasteiger partial charge in [0.05, 0.1) is 0 Å². The number of thioether (sulfide) groups is 1. The van der Waals surface area contributed by atoms with Gasteiger partial charge in [-0.3, -0.25) is 0 Å². The quantitative estimate of drug-likeness (QED) is 0.801. The van der Waals surface area contributed by atoms with Crippen molar-refractivity contribution in [1.82, 2.24) is 5.32 Å². The molecule has 4 bridgehead atoms. The van der Waals surface area contributed by atoms with Crippen molar-refractivity contribution >= 4 is 45.9 Å². The Hall–Kier alpha value is -1.26. The second-order valence-corrected chi connectivity index (χ2v) is 15.5. The number of methoxy groups -OCH3 is 1. The molecule has 24 heavy (non-hydrogen) atoms. The van der Waals surface area contributed by atoms with E-state index >= 15 is 0 Å². The van der Waals surface area contributed by atoms with Gasteiger partial charge in [-0.1, -0.05) is 0 Å². The van der Waals surface area contributed by atoms with Crippen LogP contribution in [0.5, 0.6) is 5.75 Å². The van der Waals surface area contributed by atoms with E-state index in [0.717, 1.165) is 23.8 Å². The number of allylic oxidation sites excluding steroid dienone is 1. The van der Waals surface area contributed by atoms with Gasteiger partial charge in [0, 0.05) is 0 Å². The number of ether oxygens (including phenoxy) is 1. The summed E-state index contributed by atoms with van der Waals surface area (Å²) >= 11 is -0.0758. The van der Waals surface area contributed by atoms with Crippen LogP contribution in [-0.2, 0) is 6.42 Å². The summed E-state index contributed by atoms with van der Waals surface area (Å²) in [6, 6.07) is 15.5. The van der Waals surface area contributed by atoms with Crippen LogP contribution in [0.25, 0.3) is 9.41 Å². The van der Waals surface area contributed by atoms with Crippen LogP contribution in [0.1, 0.15) is 16.7 Å². The predicted molar refractivity (Wildman–Crippen MR) is 104 cm³/mol. The summed E-state index contributed by atoms with van der Waals surface area (Å²) in [5, 5.41) is 3.65. The Balaban J connectivity index is 1.55. The Morgan fingerprint density at radius 1 is 1.21 bits per heavy atom. The SMILES string of the molecule is COc1cccc(C[C]2=Cc3c4ccc[c]3[In]2/[C]4=C2\CSCN2)c1. The number of benzene rings is 2. The third kappa shape index (κ3) is 2.26. The van der Waals surface area contributed by atoms with E-state index in [2.05, 4.69) is 47.8 Å². The average molecular weight is 435 g/mol. The van der Waals surface area contributed by atoms with Gasteiger partial charge in [-0.2, -0.15) is 0 Å². The summed E-state index contributed by atoms with van der Waals surface area (Å²) in [5.74, 6) is 3.19. The minimum absolute atomic E-state index is 0.959. The zero-order chi connectivity index (χ0) is 16.1. The van der Waals surface area contributed by atoms with Gasteiger partial charge >= 0.3 is 155 Å². The van der Waals surface area contributed by atoms with Crippen molar-refractivity contribution in [3.05, 3.63) is 68.2 Å². The maximum atomic E-state index is 5.40. The normalized spacial score (nSPS) is 20.4. The molecule has 1 N–H and O–H groups in total. The van der Waals surface area contributed by atoms with Crippen molar-refractivity contribution in [1.29, 1.82) is 0 Å². The van der Waals surface area contributed by atoms with Crippen LogP contribution in [-0.4, -0.2) is 40.2 Å². The van der Waals surface area contributed by atoms with Crippen LogP contribution in [0.3, 0.4) is 0 Å². The number of nitrogens with one attached hydrogen (secondary N) is 1. The van der Waals surface area contributed by atoms with E-state index in [-0.39, 0.29) is 0 Å². The van der Waals surface area contributed by atoms with E-state index in [1.807, 2.05) is 17.8 Å². The second kappa shape index (κ2) is 5.92. The molecule has 2 aromatic carbocycles. The van der Waals surface area contributed by atoms with Crippen molar-refractivity contribution in [2.45, 2.75) is 6.42 Å². The van der Waals surface area contributed by atoms with Crippen LogP contribution in [0.4, 0.5) is 0 Å². The van der Waals surface area contributed by atoms with Crippen molar-refractivity contribution < 1.29 is 4.74 Å². The summed E-state index contributed by atoms with van der Waals surface area (Å²) in [6.07, 6.45) is 3.59. The number of hydrogen-bond acceptors (Lipinski definition) is 3. The summed E-state index contributed by atoms with van der Waals surface area (Å²) < 4.78 is 10.6. The zero-order valence-electron chi connectivity index (χ0n) is 13.6. The van der Waals surface area contributed by atoms with Gasteiger partial charge in [0.2, 0.25) is 0 Å². The van der Waals surface area contributed by atoms with Gasteiger partial charge in [-0.05, 0) is 0 Å². The number of rotatable bonds is 3. The van der Waals surface area contributed by atoms with Gasteiger partial charge in [0.1, 0.15) is 0 Å². The van der Waals surface area contributed by atoms with Crippen LogP contribution >= 0.6 is 11.8 Å². The molecule has 3 heterocycles. The first-order valence-electron chi connectivity index (χ1n) is 8.36. The number of hydrogen-bond donors (Lipinski definition) is 1. The minimum atomic E-state index is -2.08. The zero-order valence-corrected chi connectivity index (χ0v) is 17.7. The summed E-state index contributed by atoms with van der Waals surface area (Å²) in [6.45, 7) is 0. The van der Waals surface area contributed by atoms with Gasteiger partial charge in [-0.25, -0.2) is 0 Å². The predicted octanol–water partition coefficient (Wildman–Crippen LogP) is 3.13. The molecular weight excluding hydrogens is 417 g/mol. The van der Waals surface area contributed by atoms with Gasteiger partial charge in [0.25, 0.3) is 0 Å². The van der Waals surface area contributed by atoms with Gasteiger partial charge < -0.3 is 0 Å². The topological polar surface area (TPSA) is 21.3 Å². The Bertz CT molecular complexity index is 894. The van der Waals surface area contributed by atoms with E-state index in [1.54, 1.807) is 17.1 Å². The first-order valence-corrected chi connectivity index (χ1v) is 14.5. The van der Waals surface area contributed by atoms with Crippen molar-refractivity contribution in [2.75, 3.05) is 18.7 Å². The third-order valence-electron chi connectivity index (χ3n) is 5.23. The Kier molecular flexibility index (Phi) is 3.71. The maximum absolute atomic E-state index is 5.40. The van der Waals surface area contributed by atoms with Gasteiger partial charge in [-0.15, -0.1) is 0 Å². The molecule has 0 spiro atoms. The van der Waals surface area contributed by atoms with E-state index in [9.17, 15) is 0 Å². The molecule has 0 amide bonds. The average Bonchev–Trinajstić information content (AvgIpc) is 3.29. The summed E-state index contributed by atoms with van der Waals surface area (Å²) in [4.78, 5) is 0.